The first-order valence-corrected chi connectivity index (χ1v) is 8.93. The van der Waals surface area contributed by atoms with Gasteiger partial charge < -0.3 is 9.88 Å². The SMILES string of the molecule is Cc1ccc(C(=O)N2CCC[C@@H](c3nc4ccccc4[nH]3)C2)c(C)c1. The summed E-state index contributed by atoms with van der Waals surface area (Å²) in [5.41, 5.74) is 5.12. The molecule has 1 aliphatic rings. The van der Waals surface area contributed by atoms with Gasteiger partial charge in [-0.15, -0.1) is 0 Å². The molecule has 25 heavy (non-hydrogen) atoms. The highest BCUT2D eigenvalue weighted by molar-refractivity contribution is 5.95. The molecule has 0 radical (unpaired) electrons. The normalized spacial score (nSPS) is 17.8. The maximum absolute atomic E-state index is 13.0. The molecule has 1 aliphatic heterocycles. The van der Waals surface area contributed by atoms with Crippen molar-refractivity contribution in [2.75, 3.05) is 13.1 Å². The van der Waals surface area contributed by atoms with Crippen LogP contribution in [0.4, 0.5) is 0 Å². The minimum Gasteiger partial charge on any atom is -0.342 e. The van der Waals surface area contributed by atoms with Crippen LogP contribution in [0.5, 0.6) is 0 Å². The predicted octanol–water partition coefficient (Wildman–Crippen LogP) is 4.20. The van der Waals surface area contributed by atoms with Crippen LogP contribution in [-0.2, 0) is 0 Å². The monoisotopic (exact) mass is 333 g/mol. The van der Waals surface area contributed by atoms with Crippen molar-refractivity contribution < 1.29 is 4.79 Å². The number of carbonyl (C=O) groups excluding carboxylic acids is 1. The van der Waals surface area contributed by atoms with E-state index in [0.717, 1.165) is 53.9 Å². The Morgan fingerprint density at radius 1 is 1.20 bits per heavy atom. The molecule has 2 aromatic carbocycles. The molecule has 1 atom stereocenters. The molecule has 128 valence electrons. The van der Waals surface area contributed by atoms with E-state index in [-0.39, 0.29) is 11.8 Å². The van der Waals surface area contributed by atoms with Gasteiger partial charge in [-0.25, -0.2) is 4.98 Å². The second-order valence-electron chi connectivity index (χ2n) is 7.05. The number of aromatic nitrogens is 2. The van der Waals surface area contributed by atoms with Crippen LogP contribution in [0.1, 0.15) is 46.1 Å². The Kier molecular flexibility index (Phi) is 4.04. The Morgan fingerprint density at radius 3 is 2.84 bits per heavy atom. The van der Waals surface area contributed by atoms with Crippen molar-refractivity contribution in [1.29, 1.82) is 0 Å². The van der Waals surface area contributed by atoms with E-state index < -0.39 is 0 Å². The van der Waals surface area contributed by atoms with Gasteiger partial charge in [0.2, 0.25) is 0 Å². The third kappa shape index (κ3) is 3.04. The van der Waals surface area contributed by atoms with Crippen molar-refractivity contribution in [1.82, 2.24) is 14.9 Å². The maximum Gasteiger partial charge on any atom is 0.254 e. The average Bonchev–Trinajstić information content (AvgIpc) is 3.05. The molecule has 1 saturated heterocycles. The molecular weight excluding hydrogens is 310 g/mol. The Hall–Kier alpha value is -2.62. The lowest BCUT2D eigenvalue weighted by molar-refractivity contribution is 0.0704. The summed E-state index contributed by atoms with van der Waals surface area (Å²) >= 11 is 0. The molecule has 1 fully saturated rings. The number of hydrogen-bond acceptors (Lipinski definition) is 2. The molecule has 1 N–H and O–H groups in total. The third-order valence-corrected chi connectivity index (χ3v) is 5.12. The first kappa shape index (κ1) is 15.9. The van der Waals surface area contributed by atoms with Gasteiger partial charge in [-0.3, -0.25) is 4.79 Å². The van der Waals surface area contributed by atoms with Crippen LogP contribution < -0.4 is 0 Å². The number of amides is 1. The lowest BCUT2D eigenvalue weighted by Gasteiger charge is -2.32. The van der Waals surface area contributed by atoms with Gasteiger partial charge in [0.05, 0.1) is 11.0 Å². The molecule has 4 heteroatoms. The van der Waals surface area contributed by atoms with Crippen molar-refractivity contribution in [3.05, 3.63) is 65.0 Å². The fourth-order valence-corrected chi connectivity index (χ4v) is 3.77. The lowest BCUT2D eigenvalue weighted by atomic mass is 9.96. The van der Waals surface area contributed by atoms with Gasteiger partial charge in [-0.2, -0.15) is 0 Å². The number of aromatic amines is 1. The van der Waals surface area contributed by atoms with Crippen LogP contribution in [0.3, 0.4) is 0 Å². The topological polar surface area (TPSA) is 49.0 Å². The molecule has 1 amide bonds. The predicted molar refractivity (Wildman–Crippen MR) is 99.9 cm³/mol. The molecular formula is C21H23N3O. The third-order valence-electron chi connectivity index (χ3n) is 5.12. The fourth-order valence-electron chi connectivity index (χ4n) is 3.77. The molecule has 0 saturated carbocycles. The summed E-state index contributed by atoms with van der Waals surface area (Å²) < 4.78 is 0. The minimum atomic E-state index is 0.137. The van der Waals surface area contributed by atoms with Gasteiger partial charge in [0.15, 0.2) is 0 Å². The van der Waals surface area contributed by atoms with Crippen molar-refractivity contribution >= 4 is 16.9 Å². The van der Waals surface area contributed by atoms with Crippen molar-refractivity contribution in [3.63, 3.8) is 0 Å². The van der Waals surface area contributed by atoms with Crippen LogP contribution in [0.2, 0.25) is 0 Å². The highest BCUT2D eigenvalue weighted by Crippen LogP contribution is 2.28. The zero-order valence-corrected chi connectivity index (χ0v) is 14.7. The maximum atomic E-state index is 13.0. The Bertz CT molecular complexity index is 895. The summed E-state index contributed by atoms with van der Waals surface area (Å²) in [5, 5.41) is 0. The summed E-state index contributed by atoms with van der Waals surface area (Å²) in [6.07, 6.45) is 2.08. The number of rotatable bonds is 2. The highest BCUT2D eigenvalue weighted by Gasteiger charge is 2.27. The van der Waals surface area contributed by atoms with Gasteiger partial charge in [-0.1, -0.05) is 29.8 Å². The minimum absolute atomic E-state index is 0.137. The molecule has 4 rings (SSSR count). The number of aryl methyl sites for hydroxylation is 2. The zero-order chi connectivity index (χ0) is 17.4. The Morgan fingerprint density at radius 2 is 2.04 bits per heavy atom. The summed E-state index contributed by atoms with van der Waals surface area (Å²) in [7, 11) is 0. The quantitative estimate of drug-likeness (QED) is 0.764. The van der Waals surface area contributed by atoms with Gasteiger partial charge >= 0.3 is 0 Å². The van der Waals surface area contributed by atoms with Crippen molar-refractivity contribution in [3.8, 4) is 0 Å². The lowest BCUT2D eigenvalue weighted by Crippen LogP contribution is -2.39. The number of likely N-dealkylation sites (tertiary alicyclic amines) is 1. The number of nitrogens with zero attached hydrogens (tertiary/aromatic N) is 2. The molecule has 0 bridgehead atoms. The first-order valence-electron chi connectivity index (χ1n) is 8.93. The van der Waals surface area contributed by atoms with E-state index in [9.17, 15) is 4.79 Å². The number of piperidine rings is 1. The number of carbonyl (C=O) groups is 1. The number of H-pyrrole nitrogens is 1. The Balaban J connectivity index is 1.57. The first-order chi connectivity index (χ1) is 12.1. The molecule has 4 nitrogen and oxygen atoms in total. The largest absolute Gasteiger partial charge is 0.342 e. The van der Waals surface area contributed by atoms with Crippen molar-refractivity contribution in [2.24, 2.45) is 0 Å². The molecule has 2 heterocycles. The van der Waals surface area contributed by atoms with E-state index in [1.54, 1.807) is 0 Å². The summed E-state index contributed by atoms with van der Waals surface area (Å²) in [6.45, 7) is 5.62. The molecule has 1 aromatic heterocycles. The van der Waals surface area contributed by atoms with Gasteiger partial charge in [0.25, 0.3) is 5.91 Å². The van der Waals surface area contributed by atoms with Gasteiger partial charge in [0.1, 0.15) is 5.82 Å². The molecule has 0 spiro atoms. The smallest absolute Gasteiger partial charge is 0.254 e. The van der Waals surface area contributed by atoms with E-state index in [2.05, 4.69) is 18.0 Å². The number of benzene rings is 2. The fraction of sp³-hybridized carbons (Fsp3) is 0.333. The van der Waals surface area contributed by atoms with Crippen LogP contribution in [0.25, 0.3) is 11.0 Å². The van der Waals surface area contributed by atoms with E-state index in [1.807, 2.05) is 48.2 Å². The van der Waals surface area contributed by atoms with E-state index in [4.69, 9.17) is 4.98 Å². The molecule has 0 aliphatic carbocycles. The summed E-state index contributed by atoms with van der Waals surface area (Å²) in [6, 6.07) is 14.1. The second kappa shape index (κ2) is 6.36. The van der Waals surface area contributed by atoms with Crippen LogP contribution >= 0.6 is 0 Å². The zero-order valence-electron chi connectivity index (χ0n) is 14.7. The highest BCUT2D eigenvalue weighted by atomic mass is 16.2. The summed E-state index contributed by atoms with van der Waals surface area (Å²) in [4.78, 5) is 23.1. The second-order valence-corrected chi connectivity index (χ2v) is 7.05. The number of fused-ring (bicyclic) bond motifs is 1. The average molecular weight is 333 g/mol. The standard InChI is InChI=1S/C21H23N3O/c1-14-9-10-17(15(2)12-14)21(25)24-11-5-6-16(13-24)20-22-18-7-3-4-8-19(18)23-20/h3-4,7-10,12,16H,5-6,11,13H2,1-2H3,(H,22,23)/t16-/m1/s1. The van der Waals surface area contributed by atoms with Gasteiger partial charge in [0, 0.05) is 24.6 Å². The van der Waals surface area contributed by atoms with Gasteiger partial charge in [-0.05, 0) is 50.5 Å². The number of imidazole rings is 1. The number of nitrogens with one attached hydrogen (secondary N) is 1. The van der Waals surface area contributed by atoms with E-state index >= 15 is 0 Å². The molecule has 0 unspecified atom stereocenters. The Labute approximate surface area is 147 Å². The van der Waals surface area contributed by atoms with Crippen LogP contribution in [0, 0.1) is 13.8 Å². The van der Waals surface area contributed by atoms with E-state index in [0.29, 0.717) is 0 Å². The number of hydrogen-bond donors (Lipinski definition) is 1. The van der Waals surface area contributed by atoms with Crippen molar-refractivity contribution in [2.45, 2.75) is 32.6 Å². The summed E-state index contributed by atoms with van der Waals surface area (Å²) in [5.74, 6) is 1.41. The van der Waals surface area contributed by atoms with E-state index in [1.165, 1.54) is 5.56 Å². The molecule has 3 aromatic rings. The van der Waals surface area contributed by atoms with Crippen LogP contribution in [0.15, 0.2) is 42.5 Å². The van der Waals surface area contributed by atoms with Crippen LogP contribution in [-0.4, -0.2) is 33.9 Å². The number of para-hydroxylation sites is 2.